The van der Waals surface area contributed by atoms with Crippen molar-refractivity contribution in [3.63, 3.8) is 0 Å². The Morgan fingerprint density at radius 1 is 1.16 bits per heavy atom. The van der Waals surface area contributed by atoms with Crippen LogP contribution in [0, 0.1) is 0 Å². The van der Waals surface area contributed by atoms with Gasteiger partial charge in [0.05, 0.1) is 5.69 Å². The highest BCUT2D eigenvalue weighted by atomic mass is 15.2. The Hall–Kier alpha value is -1.94. The van der Waals surface area contributed by atoms with E-state index in [4.69, 9.17) is 0 Å². The standard InChI is InChI=1S/C15H18N4/c1-19(2)8-7-16-14-10-12-9-11-5-3-4-6-13(11)15(12)18-17-14/h3-6,10H,7-9H2,1-2H3,(H,16,17). The minimum Gasteiger partial charge on any atom is -0.367 e. The SMILES string of the molecule is CN(C)CCNc1cc2c(nn1)-c1ccccc1C2. The summed E-state index contributed by atoms with van der Waals surface area (Å²) in [5, 5.41) is 12.0. The van der Waals surface area contributed by atoms with Crippen molar-refractivity contribution in [1.82, 2.24) is 15.1 Å². The molecule has 0 bridgehead atoms. The average molecular weight is 254 g/mol. The third-order valence-corrected chi connectivity index (χ3v) is 3.39. The van der Waals surface area contributed by atoms with Crippen LogP contribution in [0.4, 0.5) is 5.82 Å². The first-order chi connectivity index (χ1) is 9.24. The maximum atomic E-state index is 4.37. The van der Waals surface area contributed by atoms with Crippen molar-refractivity contribution < 1.29 is 0 Å². The molecule has 3 rings (SSSR count). The molecule has 1 aromatic carbocycles. The minimum absolute atomic E-state index is 0.869. The van der Waals surface area contributed by atoms with E-state index in [-0.39, 0.29) is 0 Å². The minimum atomic E-state index is 0.869. The Kier molecular flexibility index (Phi) is 3.17. The van der Waals surface area contributed by atoms with E-state index in [1.165, 1.54) is 16.7 Å². The van der Waals surface area contributed by atoms with Crippen molar-refractivity contribution in [3.05, 3.63) is 41.5 Å². The van der Waals surface area contributed by atoms with E-state index in [0.29, 0.717) is 0 Å². The molecule has 2 aromatic rings. The van der Waals surface area contributed by atoms with E-state index in [0.717, 1.165) is 31.0 Å². The molecule has 1 aromatic heterocycles. The van der Waals surface area contributed by atoms with Crippen LogP contribution in [0.2, 0.25) is 0 Å². The van der Waals surface area contributed by atoms with Crippen LogP contribution in [0.3, 0.4) is 0 Å². The molecule has 0 atom stereocenters. The summed E-state index contributed by atoms with van der Waals surface area (Å²) in [6.45, 7) is 1.87. The molecule has 19 heavy (non-hydrogen) atoms. The first-order valence-corrected chi connectivity index (χ1v) is 6.57. The molecule has 0 fully saturated rings. The second-order valence-electron chi connectivity index (χ2n) is 5.17. The zero-order valence-electron chi connectivity index (χ0n) is 11.3. The molecule has 0 saturated heterocycles. The molecule has 4 nitrogen and oxygen atoms in total. The van der Waals surface area contributed by atoms with Gasteiger partial charge >= 0.3 is 0 Å². The van der Waals surface area contributed by atoms with E-state index in [9.17, 15) is 0 Å². The topological polar surface area (TPSA) is 41.0 Å². The van der Waals surface area contributed by atoms with Gasteiger partial charge in [-0.05, 0) is 31.3 Å². The van der Waals surface area contributed by atoms with E-state index in [1.54, 1.807) is 0 Å². The summed E-state index contributed by atoms with van der Waals surface area (Å²) in [5.74, 6) is 0.869. The fourth-order valence-electron chi connectivity index (χ4n) is 2.40. The molecule has 0 unspecified atom stereocenters. The highest BCUT2D eigenvalue weighted by molar-refractivity contribution is 5.73. The van der Waals surface area contributed by atoms with Crippen LogP contribution in [0.1, 0.15) is 11.1 Å². The molecule has 0 amide bonds. The number of anilines is 1. The van der Waals surface area contributed by atoms with Crippen LogP contribution in [-0.4, -0.2) is 42.3 Å². The summed E-state index contributed by atoms with van der Waals surface area (Å²) < 4.78 is 0. The summed E-state index contributed by atoms with van der Waals surface area (Å²) in [6.07, 6.45) is 0.962. The summed E-state index contributed by atoms with van der Waals surface area (Å²) in [5.41, 5.74) is 4.87. The van der Waals surface area contributed by atoms with Gasteiger partial charge in [-0.15, -0.1) is 10.2 Å². The Morgan fingerprint density at radius 2 is 2.00 bits per heavy atom. The molecule has 0 aliphatic heterocycles. The van der Waals surface area contributed by atoms with Gasteiger partial charge in [-0.2, -0.15) is 0 Å². The fraction of sp³-hybridized carbons (Fsp3) is 0.333. The molecule has 1 heterocycles. The van der Waals surface area contributed by atoms with E-state index < -0.39 is 0 Å². The Bertz CT molecular complexity index is 592. The summed E-state index contributed by atoms with van der Waals surface area (Å²) in [6, 6.07) is 10.5. The number of nitrogens with one attached hydrogen (secondary N) is 1. The van der Waals surface area contributed by atoms with Gasteiger partial charge in [0.15, 0.2) is 0 Å². The van der Waals surface area contributed by atoms with Crippen molar-refractivity contribution in [3.8, 4) is 11.3 Å². The lowest BCUT2D eigenvalue weighted by Gasteiger charge is -2.10. The fourth-order valence-corrected chi connectivity index (χ4v) is 2.40. The maximum Gasteiger partial charge on any atom is 0.149 e. The largest absolute Gasteiger partial charge is 0.367 e. The van der Waals surface area contributed by atoms with Crippen molar-refractivity contribution >= 4 is 5.82 Å². The molecule has 1 aliphatic rings. The average Bonchev–Trinajstić information content (AvgIpc) is 2.76. The van der Waals surface area contributed by atoms with Gasteiger partial charge in [-0.3, -0.25) is 0 Å². The van der Waals surface area contributed by atoms with Gasteiger partial charge in [0, 0.05) is 25.1 Å². The summed E-state index contributed by atoms with van der Waals surface area (Å²) in [4.78, 5) is 2.14. The van der Waals surface area contributed by atoms with Crippen LogP contribution in [0.15, 0.2) is 30.3 Å². The summed E-state index contributed by atoms with van der Waals surface area (Å²) >= 11 is 0. The Morgan fingerprint density at radius 3 is 2.84 bits per heavy atom. The molecule has 1 N–H and O–H groups in total. The highest BCUT2D eigenvalue weighted by Crippen LogP contribution is 2.34. The van der Waals surface area contributed by atoms with Gasteiger partial charge in [-0.1, -0.05) is 24.3 Å². The van der Waals surface area contributed by atoms with Gasteiger partial charge in [0.2, 0.25) is 0 Å². The number of likely N-dealkylation sites (N-methyl/N-ethyl adjacent to an activating group) is 1. The van der Waals surface area contributed by atoms with Crippen LogP contribution in [0.25, 0.3) is 11.3 Å². The smallest absolute Gasteiger partial charge is 0.149 e. The molecule has 98 valence electrons. The highest BCUT2D eigenvalue weighted by Gasteiger charge is 2.20. The van der Waals surface area contributed by atoms with E-state index >= 15 is 0 Å². The van der Waals surface area contributed by atoms with Crippen LogP contribution >= 0.6 is 0 Å². The molecule has 0 spiro atoms. The monoisotopic (exact) mass is 254 g/mol. The predicted molar refractivity (Wildman–Crippen MR) is 77.3 cm³/mol. The second-order valence-corrected chi connectivity index (χ2v) is 5.17. The number of rotatable bonds is 4. The van der Waals surface area contributed by atoms with Crippen LogP contribution in [-0.2, 0) is 6.42 Å². The van der Waals surface area contributed by atoms with Crippen LogP contribution < -0.4 is 5.32 Å². The first-order valence-electron chi connectivity index (χ1n) is 6.57. The van der Waals surface area contributed by atoms with Gasteiger partial charge in [0.25, 0.3) is 0 Å². The lowest BCUT2D eigenvalue weighted by molar-refractivity contribution is 0.425. The Balaban J connectivity index is 1.78. The van der Waals surface area contributed by atoms with Gasteiger partial charge in [0.1, 0.15) is 5.82 Å². The van der Waals surface area contributed by atoms with Crippen molar-refractivity contribution in [2.75, 3.05) is 32.5 Å². The molecule has 4 heteroatoms. The lowest BCUT2D eigenvalue weighted by Crippen LogP contribution is -2.21. The second kappa shape index (κ2) is 4.97. The molecule has 1 aliphatic carbocycles. The predicted octanol–water partition coefficient (Wildman–Crippen LogP) is 2.02. The molecule has 0 radical (unpaired) electrons. The van der Waals surface area contributed by atoms with Crippen molar-refractivity contribution in [2.24, 2.45) is 0 Å². The number of aromatic nitrogens is 2. The van der Waals surface area contributed by atoms with E-state index in [1.807, 2.05) is 0 Å². The quantitative estimate of drug-likeness (QED) is 0.773. The third-order valence-electron chi connectivity index (χ3n) is 3.39. The molecular weight excluding hydrogens is 236 g/mol. The molecular formula is C15H18N4. The van der Waals surface area contributed by atoms with Gasteiger partial charge < -0.3 is 10.2 Å². The lowest BCUT2D eigenvalue weighted by atomic mass is 10.1. The number of fused-ring (bicyclic) bond motifs is 3. The third kappa shape index (κ3) is 2.44. The van der Waals surface area contributed by atoms with Crippen molar-refractivity contribution in [2.45, 2.75) is 6.42 Å². The number of hydrogen-bond donors (Lipinski definition) is 1. The zero-order valence-corrected chi connectivity index (χ0v) is 11.3. The van der Waals surface area contributed by atoms with E-state index in [2.05, 4.69) is 64.8 Å². The van der Waals surface area contributed by atoms with Gasteiger partial charge in [-0.25, -0.2) is 0 Å². The molecule has 0 saturated carbocycles. The number of nitrogens with zero attached hydrogens (tertiary/aromatic N) is 3. The first kappa shape index (κ1) is 12.1. The van der Waals surface area contributed by atoms with Crippen LogP contribution in [0.5, 0.6) is 0 Å². The van der Waals surface area contributed by atoms with Crippen molar-refractivity contribution in [1.29, 1.82) is 0 Å². The normalized spacial score (nSPS) is 12.4. The summed E-state index contributed by atoms with van der Waals surface area (Å²) in [7, 11) is 4.12. The maximum absolute atomic E-state index is 4.37. The zero-order chi connectivity index (χ0) is 13.2. The number of hydrogen-bond acceptors (Lipinski definition) is 4. The number of benzene rings is 1. The Labute approximate surface area is 113 Å².